The van der Waals surface area contributed by atoms with Gasteiger partial charge in [-0.3, -0.25) is 4.79 Å². The molecule has 1 saturated carbocycles. The van der Waals surface area contributed by atoms with Crippen LogP contribution in [-0.2, 0) is 11.8 Å². The van der Waals surface area contributed by atoms with Gasteiger partial charge in [0, 0.05) is 18.5 Å². The van der Waals surface area contributed by atoms with Gasteiger partial charge in [-0.05, 0) is 31.9 Å². The smallest absolute Gasteiger partial charge is 0.233 e. The largest absolute Gasteiger partial charge is 0.453 e. The fraction of sp³-hybridized carbons (Fsp3) is 0.450. The fourth-order valence-corrected chi connectivity index (χ4v) is 4.33. The molecule has 0 saturated heterocycles. The second-order valence-electron chi connectivity index (χ2n) is 7.12. The predicted molar refractivity (Wildman–Crippen MR) is 107 cm³/mol. The summed E-state index contributed by atoms with van der Waals surface area (Å²) < 4.78 is 7.77. The maximum absolute atomic E-state index is 12.5. The van der Waals surface area contributed by atoms with Crippen molar-refractivity contribution in [3.05, 3.63) is 30.3 Å². The van der Waals surface area contributed by atoms with E-state index < -0.39 is 0 Å². The quantitative estimate of drug-likeness (QED) is 0.669. The number of amides is 1. The molecule has 1 aliphatic rings. The summed E-state index contributed by atoms with van der Waals surface area (Å²) >= 11 is 1.42. The van der Waals surface area contributed by atoms with Crippen LogP contribution in [-0.4, -0.2) is 32.0 Å². The number of rotatable bonds is 5. The van der Waals surface area contributed by atoms with E-state index in [1.54, 1.807) is 0 Å². The standard InChI is InChI=1S/C20H24N4O2S/c1-13(19(25)21-15-9-4-3-5-10-15)27-20-23-22-18(24(20)2)17-12-14-8-6-7-11-16(14)26-17/h6-8,11-13,15H,3-5,9-10H2,1-2H3,(H,21,25)/t13-/m1/s1. The third-order valence-corrected chi connectivity index (χ3v) is 6.22. The van der Waals surface area contributed by atoms with Crippen molar-refractivity contribution in [2.75, 3.05) is 0 Å². The molecule has 0 spiro atoms. The molecule has 0 aliphatic heterocycles. The van der Waals surface area contributed by atoms with Crippen molar-refractivity contribution in [3.8, 4) is 11.6 Å². The number of hydrogen-bond donors (Lipinski definition) is 1. The monoisotopic (exact) mass is 384 g/mol. The Balaban J connectivity index is 1.46. The molecule has 1 fully saturated rings. The number of aromatic nitrogens is 3. The first-order valence-corrected chi connectivity index (χ1v) is 10.3. The maximum Gasteiger partial charge on any atom is 0.233 e. The first kappa shape index (κ1) is 18.1. The number of carbonyl (C=O) groups excluding carboxylic acids is 1. The van der Waals surface area contributed by atoms with Crippen LogP contribution in [0.5, 0.6) is 0 Å². The summed E-state index contributed by atoms with van der Waals surface area (Å²) in [5.74, 6) is 1.41. The molecular formula is C20H24N4O2S. The number of thioether (sulfide) groups is 1. The molecule has 0 bridgehead atoms. The van der Waals surface area contributed by atoms with Crippen LogP contribution >= 0.6 is 11.8 Å². The molecule has 142 valence electrons. The van der Waals surface area contributed by atoms with Gasteiger partial charge in [-0.15, -0.1) is 10.2 Å². The van der Waals surface area contributed by atoms with Gasteiger partial charge in [-0.2, -0.15) is 0 Å². The minimum Gasteiger partial charge on any atom is -0.453 e. The first-order valence-electron chi connectivity index (χ1n) is 9.47. The average molecular weight is 385 g/mol. The second-order valence-corrected chi connectivity index (χ2v) is 8.43. The molecule has 27 heavy (non-hydrogen) atoms. The Morgan fingerprint density at radius 3 is 2.81 bits per heavy atom. The molecule has 1 atom stereocenters. The number of furan rings is 1. The Labute approximate surface area is 162 Å². The molecule has 2 heterocycles. The number of carbonyl (C=O) groups is 1. The lowest BCUT2D eigenvalue weighted by atomic mass is 9.95. The van der Waals surface area contributed by atoms with Crippen LogP contribution in [0.1, 0.15) is 39.0 Å². The second kappa shape index (κ2) is 7.76. The molecule has 6 nitrogen and oxygen atoms in total. The van der Waals surface area contributed by atoms with Gasteiger partial charge in [0.15, 0.2) is 16.7 Å². The Bertz CT molecular complexity index is 910. The van der Waals surface area contributed by atoms with Gasteiger partial charge in [0.1, 0.15) is 5.58 Å². The van der Waals surface area contributed by atoms with Crippen LogP contribution in [0.2, 0.25) is 0 Å². The molecule has 1 aromatic carbocycles. The first-order chi connectivity index (χ1) is 13.1. The van der Waals surface area contributed by atoms with Gasteiger partial charge >= 0.3 is 0 Å². The highest BCUT2D eigenvalue weighted by atomic mass is 32.2. The van der Waals surface area contributed by atoms with E-state index in [-0.39, 0.29) is 11.2 Å². The van der Waals surface area contributed by atoms with Crippen molar-refractivity contribution in [1.82, 2.24) is 20.1 Å². The molecule has 0 radical (unpaired) electrons. The van der Waals surface area contributed by atoms with Gasteiger partial charge in [0.2, 0.25) is 5.91 Å². The van der Waals surface area contributed by atoms with E-state index >= 15 is 0 Å². The Morgan fingerprint density at radius 1 is 1.26 bits per heavy atom. The Kier molecular flexibility index (Phi) is 5.20. The maximum atomic E-state index is 12.5. The molecule has 0 unspecified atom stereocenters. The van der Waals surface area contributed by atoms with Crippen LogP contribution in [0.3, 0.4) is 0 Å². The van der Waals surface area contributed by atoms with Crippen LogP contribution in [0, 0.1) is 0 Å². The third kappa shape index (κ3) is 3.88. The molecule has 2 aromatic heterocycles. The fourth-order valence-electron chi connectivity index (χ4n) is 3.50. The van der Waals surface area contributed by atoms with E-state index in [0.717, 1.165) is 23.8 Å². The molecule has 4 rings (SSSR count). The van der Waals surface area contributed by atoms with Crippen LogP contribution in [0.15, 0.2) is 39.9 Å². The Hall–Kier alpha value is -2.28. The summed E-state index contributed by atoms with van der Waals surface area (Å²) in [5.41, 5.74) is 0.824. The average Bonchev–Trinajstić information content (AvgIpc) is 3.26. The van der Waals surface area contributed by atoms with Crippen molar-refractivity contribution in [2.45, 2.75) is 55.5 Å². The van der Waals surface area contributed by atoms with Crippen LogP contribution in [0.25, 0.3) is 22.6 Å². The van der Waals surface area contributed by atoms with E-state index in [1.165, 1.54) is 31.0 Å². The summed E-state index contributed by atoms with van der Waals surface area (Å²) in [6.07, 6.45) is 5.86. The van der Waals surface area contributed by atoms with Crippen molar-refractivity contribution >= 4 is 28.6 Å². The van der Waals surface area contributed by atoms with E-state index in [2.05, 4.69) is 15.5 Å². The van der Waals surface area contributed by atoms with Crippen molar-refractivity contribution in [3.63, 3.8) is 0 Å². The summed E-state index contributed by atoms with van der Waals surface area (Å²) in [5, 5.41) is 13.2. The minimum atomic E-state index is -0.224. The topological polar surface area (TPSA) is 73.0 Å². The number of nitrogens with one attached hydrogen (secondary N) is 1. The summed E-state index contributed by atoms with van der Waals surface area (Å²) in [6.45, 7) is 1.92. The van der Waals surface area contributed by atoms with E-state index in [9.17, 15) is 4.79 Å². The summed E-state index contributed by atoms with van der Waals surface area (Å²) in [6, 6.07) is 10.1. The lowest BCUT2D eigenvalue weighted by Crippen LogP contribution is -2.40. The van der Waals surface area contributed by atoms with Crippen LogP contribution in [0.4, 0.5) is 0 Å². The Morgan fingerprint density at radius 2 is 2.04 bits per heavy atom. The zero-order chi connectivity index (χ0) is 18.8. The van der Waals surface area contributed by atoms with E-state index in [1.807, 2.05) is 48.9 Å². The zero-order valence-corrected chi connectivity index (χ0v) is 16.5. The van der Waals surface area contributed by atoms with Gasteiger partial charge in [0.05, 0.1) is 5.25 Å². The number of nitrogens with zero attached hydrogens (tertiary/aromatic N) is 3. The van der Waals surface area contributed by atoms with Gasteiger partial charge < -0.3 is 14.3 Å². The highest BCUT2D eigenvalue weighted by molar-refractivity contribution is 8.00. The highest BCUT2D eigenvalue weighted by Crippen LogP contribution is 2.30. The van der Waals surface area contributed by atoms with Crippen molar-refractivity contribution in [1.29, 1.82) is 0 Å². The SMILES string of the molecule is C[C@@H](Sc1nnc(-c2cc3ccccc3o2)n1C)C(=O)NC1CCCCC1. The highest BCUT2D eigenvalue weighted by Gasteiger charge is 2.23. The lowest BCUT2D eigenvalue weighted by Gasteiger charge is -2.24. The number of para-hydroxylation sites is 1. The molecule has 1 N–H and O–H groups in total. The molecule has 1 amide bonds. The number of benzene rings is 1. The summed E-state index contributed by atoms with van der Waals surface area (Å²) in [4.78, 5) is 12.5. The van der Waals surface area contributed by atoms with Gasteiger partial charge in [-0.25, -0.2) is 0 Å². The number of fused-ring (bicyclic) bond motifs is 1. The summed E-state index contributed by atoms with van der Waals surface area (Å²) in [7, 11) is 1.90. The van der Waals surface area contributed by atoms with Gasteiger partial charge in [0.25, 0.3) is 0 Å². The third-order valence-electron chi connectivity index (χ3n) is 5.08. The normalized spacial score (nSPS) is 16.5. The lowest BCUT2D eigenvalue weighted by molar-refractivity contribution is -0.121. The molecule has 3 aromatic rings. The van der Waals surface area contributed by atoms with Crippen molar-refractivity contribution < 1.29 is 9.21 Å². The number of hydrogen-bond acceptors (Lipinski definition) is 5. The van der Waals surface area contributed by atoms with Crippen molar-refractivity contribution in [2.24, 2.45) is 7.05 Å². The van der Waals surface area contributed by atoms with Gasteiger partial charge in [-0.1, -0.05) is 49.2 Å². The van der Waals surface area contributed by atoms with Crippen LogP contribution < -0.4 is 5.32 Å². The molecule has 1 aliphatic carbocycles. The van der Waals surface area contributed by atoms with E-state index in [4.69, 9.17) is 4.42 Å². The van der Waals surface area contributed by atoms with E-state index in [0.29, 0.717) is 22.8 Å². The minimum absolute atomic E-state index is 0.0696. The zero-order valence-electron chi connectivity index (χ0n) is 15.6. The molecule has 7 heteroatoms. The predicted octanol–water partition coefficient (Wildman–Crippen LogP) is 4.16. The molecular weight excluding hydrogens is 360 g/mol.